The Morgan fingerprint density at radius 3 is 2.58 bits per heavy atom. The predicted octanol–water partition coefficient (Wildman–Crippen LogP) is 4.85. The molecule has 19 heavy (non-hydrogen) atoms. The van der Waals surface area contributed by atoms with Crippen LogP contribution in [0.3, 0.4) is 0 Å². The van der Waals surface area contributed by atoms with Gasteiger partial charge in [-0.25, -0.2) is 0 Å². The van der Waals surface area contributed by atoms with Crippen molar-refractivity contribution < 1.29 is 0 Å². The molecule has 1 heteroatoms. The van der Waals surface area contributed by atoms with E-state index in [1.807, 2.05) is 6.20 Å². The first-order chi connectivity index (χ1) is 9.38. The third-order valence-corrected chi connectivity index (χ3v) is 3.43. The second-order valence-corrected chi connectivity index (χ2v) is 4.83. The molecule has 0 bridgehead atoms. The van der Waals surface area contributed by atoms with Gasteiger partial charge in [-0.2, -0.15) is 0 Å². The van der Waals surface area contributed by atoms with E-state index in [9.17, 15) is 0 Å². The van der Waals surface area contributed by atoms with E-state index in [1.54, 1.807) is 0 Å². The molecule has 3 aromatic rings. The molecule has 0 fully saturated rings. The van der Waals surface area contributed by atoms with Crippen molar-refractivity contribution in [1.29, 1.82) is 0 Å². The molecule has 0 radical (unpaired) electrons. The maximum Gasteiger partial charge on any atom is 0.0708 e. The van der Waals surface area contributed by atoms with Gasteiger partial charge >= 0.3 is 0 Å². The third kappa shape index (κ3) is 2.37. The van der Waals surface area contributed by atoms with Gasteiger partial charge in [-0.3, -0.25) is 4.98 Å². The summed E-state index contributed by atoms with van der Waals surface area (Å²) in [5.41, 5.74) is 4.98. The second kappa shape index (κ2) is 5.23. The van der Waals surface area contributed by atoms with Crippen molar-refractivity contribution in [1.82, 2.24) is 4.98 Å². The molecule has 0 unspecified atom stereocenters. The van der Waals surface area contributed by atoms with Crippen LogP contribution in [0.4, 0.5) is 0 Å². The molecule has 0 N–H and O–H groups in total. The Morgan fingerprint density at radius 2 is 1.79 bits per heavy atom. The lowest BCUT2D eigenvalue weighted by atomic mass is 9.99. The van der Waals surface area contributed by atoms with Crippen molar-refractivity contribution in [3.05, 3.63) is 66.4 Å². The lowest BCUT2D eigenvalue weighted by Gasteiger charge is -2.08. The summed E-state index contributed by atoms with van der Waals surface area (Å²) in [5.74, 6) is 0. The van der Waals surface area contributed by atoms with Crippen molar-refractivity contribution >= 4 is 10.9 Å². The quantitative estimate of drug-likeness (QED) is 0.644. The normalized spacial score (nSPS) is 10.8. The molecule has 0 atom stereocenters. The van der Waals surface area contributed by atoms with Crippen LogP contribution in [-0.4, -0.2) is 4.98 Å². The minimum Gasteiger partial charge on any atom is -0.256 e. The minimum atomic E-state index is 1.07. The van der Waals surface area contributed by atoms with E-state index in [-0.39, 0.29) is 0 Å². The monoisotopic (exact) mass is 247 g/mol. The molecule has 0 saturated heterocycles. The molecule has 0 aliphatic heterocycles. The summed E-state index contributed by atoms with van der Waals surface area (Å²) in [7, 11) is 0. The summed E-state index contributed by atoms with van der Waals surface area (Å²) in [6.07, 6.45) is 4.19. The van der Waals surface area contributed by atoms with E-state index in [0.29, 0.717) is 0 Å². The van der Waals surface area contributed by atoms with Crippen LogP contribution in [0.1, 0.15) is 18.9 Å². The van der Waals surface area contributed by atoms with Gasteiger partial charge in [0.15, 0.2) is 0 Å². The van der Waals surface area contributed by atoms with Crippen LogP contribution in [0, 0.1) is 0 Å². The molecule has 0 amide bonds. The average Bonchev–Trinajstić information content (AvgIpc) is 2.48. The van der Waals surface area contributed by atoms with Crippen LogP contribution in [0.2, 0.25) is 0 Å². The van der Waals surface area contributed by atoms with Gasteiger partial charge in [0.1, 0.15) is 0 Å². The van der Waals surface area contributed by atoms with Crippen LogP contribution < -0.4 is 0 Å². The Bertz CT molecular complexity index is 686. The zero-order valence-corrected chi connectivity index (χ0v) is 11.1. The number of aromatic nitrogens is 1. The number of hydrogen-bond acceptors (Lipinski definition) is 1. The summed E-state index contributed by atoms with van der Waals surface area (Å²) in [4.78, 5) is 4.47. The van der Waals surface area contributed by atoms with Gasteiger partial charge in [0, 0.05) is 11.6 Å². The van der Waals surface area contributed by atoms with Crippen molar-refractivity contribution in [3.8, 4) is 11.1 Å². The van der Waals surface area contributed by atoms with Gasteiger partial charge in [0.05, 0.1) is 5.52 Å². The van der Waals surface area contributed by atoms with Crippen molar-refractivity contribution in [2.45, 2.75) is 19.8 Å². The molecule has 3 rings (SSSR count). The molecule has 0 spiro atoms. The average molecular weight is 247 g/mol. The van der Waals surface area contributed by atoms with Gasteiger partial charge in [-0.1, -0.05) is 49.7 Å². The third-order valence-electron chi connectivity index (χ3n) is 3.43. The maximum absolute atomic E-state index is 4.47. The molecule has 0 saturated carbocycles. The molecule has 1 aromatic heterocycles. The summed E-state index contributed by atoms with van der Waals surface area (Å²) in [5, 5.41) is 1.25. The number of fused-ring (bicyclic) bond motifs is 1. The standard InChI is InChI=1S/C18H17N/c1-2-6-14-9-10-18-17(13-14)16(11-12-19-18)15-7-4-3-5-8-15/h3-5,7-13H,2,6H2,1H3. The Balaban J connectivity index is 2.21. The Labute approximate surface area is 113 Å². The van der Waals surface area contributed by atoms with E-state index in [1.165, 1.54) is 28.5 Å². The zero-order chi connectivity index (χ0) is 13.1. The topological polar surface area (TPSA) is 12.9 Å². The van der Waals surface area contributed by atoms with E-state index in [0.717, 1.165) is 11.9 Å². The van der Waals surface area contributed by atoms with E-state index < -0.39 is 0 Å². The summed E-state index contributed by atoms with van der Waals surface area (Å²) < 4.78 is 0. The zero-order valence-electron chi connectivity index (χ0n) is 11.1. The van der Waals surface area contributed by atoms with Crippen LogP contribution >= 0.6 is 0 Å². The summed E-state index contributed by atoms with van der Waals surface area (Å²) in [6.45, 7) is 2.21. The highest BCUT2D eigenvalue weighted by molar-refractivity contribution is 5.94. The van der Waals surface area contributed by atoms with Crippen molar-refractivity contribution in [2.75, 3.05) is 0 Å². The first-order valence-electron chi connectivity index (χ1n) is 6.81. The number of pyridine rings is 1. The van der Waals surface area contributed by atoms with Gasteiger partial charge in [0.2, 0.25) is 0 Å². The van der Waals surface area contributed by atoms with Crippen molar-refractivity contribution in [3.63, 3.8) is 0 Å². The molecule has 2 aromatic carbocycles. The second-order valence-electron chi connectivity index (χ2n) is 4.83. The predicted molar refractivity (Wildman–Crippen MR) is 81.2 cm³/mol. The fourth-order valence-electron chi connectivity index (χ4n) is 2.51. The van der Waals surface area contributed by atoms with Gasteiger partial charge in [0.25, 0.3) is 0 Å². The Hall–Kier alpha value is -2.15. The lowest BCUT2D eigenvalue weighted by Crippen LogP contribution is -1.88. The first kappa shape index (κ1) is 11.9. The Kier molecular flexibility index (Phi) is 3.28. The van der Waals surface area contributed by atoms with Gasteiger partial charge < -0.3 is 0 Å². The molecule has 94 valence electrons. The van der Waals surface area contributed by atoms with Crippen LogP contribution in [0.5, 0.6) is 0 Å². The highest BCUT2D eigenvalue weighted by atomic mass is 14.6. The van der Waals surface area contributed by atoms with Crippen LogP contribution in [-0.2, 0) is 6.42 Å². The van der Waals surface area contributed by atoms with E-state index in [2.05, 4.69) is 66.5 Å². The number of nitrogens with zero attached hydrogens (tertiary/aromatic N) is 1. The van der Waals surface area contributed by atoms with Crippen LogP contribution in [0.25, 0.3) is 22.0 Å². The minimum absolute atomic E-state index is 1.07. The summed E-state index contributed by atoms with van der Waals surface area (Å²) in [6, 6.07) is 19.2. The fraction of sp³-hybridized carbons (Fsp3) is 0.167. The van der Waals surface area contributed by atoms with E-state index >= 15 is 0 Å². The SMILES string of the molecule is CCCc1ccc2nccc(-c3ccccc3)c2c1. The molecule has 1 heterocycles. The molecular weight excluding hydrogens is 230 g/mol. The van der Waals surface area contributed by atoms with Gasteiger partial charge in [-0.15, -0.1) is 0 Å². The van der Waals surface area contributed by atoms with E-state index in [4.69, 9.17) is 0 Å². The fourth-order valence-corrected chi connectivity index (χ4v) is 2.51. The molecule has 0 aliphatic rings. The molecular formula is C18H17N. The number of rotatable bonds is 3. The molecule has 0 aliphatic carbocycles. The first-order valence-corrected chi connectivity index (χ1v) is 6.81. The number of hydrogen-bond donors (Lipinski definition) is 0. The van der Waals surface area contributed by atoms with Gasteiger partial charge in [-0.05, 0) is 41.3 Å². The van der Waals surface area contributed by atoms with Crippen LogP contribution in [0.15, 0.2) is 60.8 Å². The molecule has 1 nitrogen and oxygen atoms in total. The maximum atomic E-state index is 4.47. The number of benzene rings is 2. The smallest absolute Gasteiger partial charge is 0.0708 e. The highest BCUT2D eigenvalue weighted by Crippen LogP contribution is 2.28. The Morgan fingerprint density at radius 1 is 0.947 bits per heavy atom. The van der Waals surface area contributed by atoms with Crippen molar-refractivity contribution in [2.24, 2.45) is 0 Å². The number of aryl methyl sites for hydroxylation is 1. The largest absolute Gasteiger partial charge is 0.256 e. The summed E-state index contributed by atoms with van der Waals surface area (Å²) >= 11 is 0. The lowest BCUT2D eigenvalue weighted by molar-refractivity contribution is 0.923. The highest BCUT2D eigenvalue weighted by Gasteiger charge is 2.05.